The van der Waals surface area contributed by atoms with Crippen LogP contribution < -0.4 is 4.74 Å². The van der Waals surface area contributed by atoms with E-state index in [4.69, 9.17) is 4.52 Å². The van der Waals surface area contributed by atoms with Crippen molar-refractivity contribution in [2.45, 2.75) is 6.92 Å². The van der Waals surface area contributed by atoms with E-state index >= 15 is 0 Å². The fraction of sp³-hybridized carbons (Fsp3) is 0.105. The lowest BCUT2D eigenvalue weighted by atomic mass is 10.1. The zero-order valence-electron chi connectivity index (χ0n) is 15.6. The third-order valence-electron chi connectivity index (χ3n) is 3.76. The fourth-order valence-electron chi connectivity index (χ4n) is 2.35. The number of hydrogen-bond donors (Lipinski definition) is 0. The number of non-ortho nitro benzene ring substituents is 1. The van der Waals surface area contributed by atoms with Gasteiger partial charge in [0.05, 0.1) is 11.0 Å². The lowest BCUT2D eigenvalue weighted by Gasteiger charge is -1.94. The SMILES string of the molecule is Cc1ccc(/C=C/c2cc(-c3ccc([N+](=O)[O-])cc3)o[n+]2C)cc1.F[B-](F)(F)F. The largest absolute Gasteiger partial charge is 0.673 e. The van der Waals surface area contributed by atoms with Crippen LogP contribution in [0.3, 0.4) is 0 Å². The molecule has 0 bridgehead atoms. The summed E-state index contributed by atoms with van der Waals surface area (Å²) in [7, 11) is -4.18. The van der Waals surface area contributed by atoms with Crippen molar-refractivity contribution in [3.05, 3.63) is 81.5 Å². The number of halogens is 4. The van der Waals surface area contributed by atoms with E-state index in [-0.39, 0.29) is 5.69 Å². The molecule has 3 rings (SSSR count). The van der Waals surface area contributed by atoms with Crippen LogP contribution in [-0.4, -0.2) is 12.2 Å². The third kappa shape index (κ3) is 7.25. The number of aromatic nitrogens is 1. The molecule has 10 heteroatoms. The summed E-state index contributed by atoms with van der Waals surface area (Å²) in [6, 6.07) is 16.5. The smallest absolute Gasteiger partial charge is 0.418 e. The van der Waals surface area contributed by atoms with E-state index < -0.39 is 12.2 Å². The highest BCUT2D eigenvalue weighted by Crippen LogP contribution is 2.23. The van der Waals surface area contributed by atoms with E-state index in [1.54, 1.807) is 16.9 Å². The Labute approximate surface area is 164 Å². The lowest BCUT2D eigenvalue weighted by molar-refractivity contribution is -0.844. The number of nitro groups is 1. The van der Waals surface area contributed by atoms with Crippen molar-refractivity contribution in [3.63, 3.8) is 0 Å². The molecule has 0 saturated heterocycles. The maximum absolute atomic E-state index is 10.7. The molecule has 29 heavy (non-hydrogen) atoms. The van der Waals surface area contributed by atoms with Crippen molar-refractivity contribution in [2.24, 2.45) is 7.05 Å². The zero-order valence-corrected chi connectivity index (χ0v) is 15.6. The fourth-order valence-corrected chi connectivity index (χ4v) is 2.35. The van der Waals surface area contributed by atoms with Crippen molar-refractivity contribution < 1.29 is 31.4 Å². The summed E-state index contributed by atoms with van der Waals surface area (Å²) in [5, 5.41) is 10.7. The highest BCUT2D eigenvalue weighted by Gasteiger charge is 2.20. The first-order valence-electron chi connectivity index (χ1n) is 8.40. The van der Waals surface area contributed by atoms with E-state index in [0.29, 0.717) is 5.76 Å². The van der Waals surface area contributed by atoms with E-state index in [0.717, 1.165) is 16.8 Å². The Kier molecular flexibility index (Phi) is 6.92. The lowest BCUT2D eigenvalue weighted by Crippen LogP contribution is -2.27. The Morgan fingerprint density at radius 3 is 2.07 bits per heavy atom. The van der Waals surface area contributed by atoms with Gasteiger partial charge in [-0.25, -0.2) is 4.52 Å². The van der Waals surface area contributed by atoms with E-state index in [1.807, 2.05) is 25.3 Å². The highest BCUT2D eigenvalue weighted by molar-refractivity contribution is 6.50. The number of hydrogen-bond acceptors (Lipinski definition) is 3. The topological polar surface area (TPSA) is 60.2 Å². The summed E-state index contributed by atoms with van der Waals surface area (Å²) in [4.78, 5) is 10.3. The van der Waals surface area contributed by atoms with Crippen LogP contribution >= 0.6 is 0 Å². The predicted octanol–water partition coefficient (Wildman–Crippen LogP) is 5.46. The average Bonchev–Trinajstić information content (AvgIpc) is 3.01. The Bertz CT molecular complexity index is 992. The van der Waals surface area contributed by atoms with Gasteiger partial charge < -0.3 is 17.3 Å². The van der Waals surface area contributed by atoms with Crippen molar-refractivity contribution in [1.82, 2.24) is 0 Å². The minimum Gasteiger partial charge on any atom is -0.418 e. The van der Waals surface area contributed by atoms with E-state index in [2.05, 4.69) is 31.2 Å². The van der Waals surface area contributed by atoms with Crippen LogP contribution in [-0.2, 0) is 7.05 Å². The highest BCUT2D eigenvalue weighted by atomic mass is 19.5. The molecule has 0 spiro atoms. The molecule has 0 radical (unpaired) electrons. The monoisotopic (exact) mass is 408 g/mol. The summed E-state index contributed by atoms with van der Waals surface area (Å²) >= 11 is 0. The van der Waals surface area contributed by atoms with Crippen LogP contribution in [0.15, 0.2) is 59.1 Å². The van der Waals surface area contributed by atoms with Gasteiger partial charge in [0, 0.05) is 23.8 Å². The molecule has 0 atom stereocenters. The Hall–Kier alpha value is -3.43. The number of aryl methyl sites for hydroxylation is 2. The molecule has 0 aliphatic heterocycles. The minimum absolute atomic E-state index is 0.0640. The first kappa shape index (κ1) is 21.9. The van der Waals surface area contributed by atoms with E-state index in [9.17, 15) is 27.4 Å². The van der Waals surface area contributed by atoms with E-state index in [1.165, 1.54) is 17.7 Å². The molecule has 5 nitrogen and oxygen atoms in total. The molecule has 0 amide bonds. The molecule has 2 aromatic carbocycles. The molecule has 1 heterocycles. The standard InChI is InChI=1S/C19H17N2O3.BF4/c1-14-3-5-15(6-4-14)7-10-18-13-19(24-20(18)2)16-8-11-17(12-9-16)21(22)23;2-1(3,4)5/h3-13H,1-2H3;/q+1;-1/b10-7+;. The quantitative estimate of drug-likeness (QED) is 0.189. The number of rotatable bonds is 4. The second-order valence-electron chi connectivity index (χ2n) is 6.07. The van der Waals surface area contributed by atoms with Gasteiger partial charge in [-0.05, 0) is 35.4 Å². The number of benzene rings is 2. The van der Waals surface area contributed by atoms with Gasteiger partial charge in [0.1, 0.15) is 0 Å². The first-order valence-corrected chi connectivity index (χ1v) is 8.40. The summed E-state index contributed by atoms with van der Waals surface area (Å²) in [6.45, 7) is 2.06. The second kappa shape index (κ2) is 9.18. The summed E-state index contributed by atoms with van der Waals surface area (Å²) in [5.41, 5.74) is 4.10. The first-order chi connectivity index (χ1) is 13.5. The maximum atomic E-state index is 10.7. The Balaban J connectivity index is 0.000000537. The number of nitrogens with zero attached hydrogens (tertiary/aromatic N) is 2. The van der Waals surface area contributed by atoms with Crippen LogP contribution in [0.25, 0.3) is 23.5 Å². The van der Waals surface area contributed by atoms with Gasteiger partial charge >= 0.3 is 7.25 Å². The van der Waals surface area contributed by atoms with Gasteiger partial charge in [0.2, 0.25) is 5.76 Å². The number of nitro benzene ring substituents is 1. The predicted molar refractivity (Wildman–Crippen MR) is 102 cm³/mol. The minimum atomic E-state index is -6.00. The average molecular weight is 408 g/mol. The van der Waals surface area contributed by atoms with Gasteiger partial charge in [-0.2, -0.15) is 0 Å². The second-order valence-corrected chi connectivity index (χ2v) is 6.07. The van der Waals surface area contributed by atoms with Crippen LogP contribution in [0.2, 0.25) is 0 Å². The van der Waals surface area contributed by atoms with Gasteiger partial charge in [-0.1, -0.05) is 29.8 Å². The molecule has 0 fully saturated rings. The molecule has 152 valence electrons. The summed E-state index contributed by atoms with van der Waals surface area (Å²) < 4.78 is 46.4. The molecule has 0 saturated carbocycles. The Morgan fingerprint density at radius 1 is 1.00 bits per heavy atom. The van der Waals surface area contributed by atoms with Gasteiger partial charge in [-0.3, -0.25) is 10.1 Å². The third-order valence-corrected chi connectivity index (χ3v) is 3.76. The molecule has 3 aromatic rings. The van der Waals surface area contributed by atoms with Gasteiger partial charge in [0.15, 0.2) is 7.05 Å². The van der Waals surface area contributed by atoms with Crippen molar-refractivity contribution in [2.75, 3.05) is 0 Å². The normalized spacial score (nSPS) is 11.2. The molecule has 0 aliphatic rings. The molecular weight excluding hydrogens is 391 g/mol. The van der Waals surface area contributed by atoms with Crippen LogP contribution in [0.4, 0.5) is 23.0 Å². The molecule has 0 unspecified atom stereocenters. The van der Waals surface area contributed by atoms with Crippen LogP contribution in [0.1, 0.15) is 16.8 Å². The Morgan fingerprint density at radius 2 is 1.55 bits per heavy atom. The van der Waals surface area contributed by atoms with Crippen LogP contribution in [0.5, 0.6) is 0 Å². The molecule has 0 aliphatic carbocycles. The molecule has 0 N–H and O–H groups in total. The molecule has 1 aromatic heterocycles. The van der Waals surface area contributed by atoms with Crippen molar-refractivity contribution in [3.8, 4) is 11.3 Å². The summed E-state index contributed by atoms with van der Waals surface area (Å²) in [5.74, 6) is 0.663. The van der Waals surface area contributed by atoms with Crippen LogP contribution in [0, 0.1) is 17.0 Å². The summed E-state index contributed by atoms with van der Waals surface area (Å²) in [6.07, 6.45) is 3.99. The van der Waals surface area contributed by atoms with Gasteiger partial charge in [-0.15, -0.1) is 0 Å². The van der Waals surface area contributed by atoms with Gasteiger partial charge in [0.25, 0.3) is 11.4 Å². The van der Waals surface area contributed by atoms with Crippen molar-refractivity contribution >= 4 is 25.1 Å². The zero-order chi connectivity index (χ0) is 21.6. The maximum Gasteiger partial charge on any atom is 0.673 e. The van der Waals surface area contributed by atoms with Crippen molar-refractivity contribution in [1.29, 1.82) is 0 Å². The molecular formula is C19H17BF4N2O3.